The molecule has 0 aliphatic carbocycles. The lowest BCUT2D eigenvalue weighted by atomic mass is 10.2. The maximum atomic E-state index is 12.0. The van der Waals surface area contributed by atoms with Gasteiger partial charge in [-0.1, -0.05) is 6.07 Å². The van der Waals surface area contributed by atoms with Crippen LogP contribution in [0.2, 0.25) is 0 Å². The number of thiophene rings is 1. The van der Waals surface area contributed by atoms with E-state index in [9.17, 15) is 18.0 Å². The van der Waals surface area contributed by atoms with E-state index in [1.807, 2.05) is 0 Å². The van der Waals surface area contributed by atoms with E-state index in [4.69, 9.17) is 4.42 Å². The Kier molecular flexibility index (Phi) is 7.22. The van der Waals surface area contributed by atoms with Gasteiger partial charge >= 0.3 is 6.03 Å². The summed E-state index contributed by atoms with van der Waals surface area (Å²) in [5, 5.41) is 9.67. The Bertz CT molecular complexity index is 1060. The lowest BCUT2D eigenvalue weighted by Crippen LogP contribution is -2.28. The molecule has 0 unspecified atom stereocenters. The zero-order chi connectivity index (χ0) is 21.4. The number of benzene rings is 1. The fourth-order valence-electron chi connectivity index (χ4n) is 2.40. The van der Waals surface area contributed by atoms with Gasteiger partial charge in [-0.15, -0.1) is 11.3 Å². The van der Waals surface area contributed by atoms with E-state index in [0.717, 1.165) is 11.3 Å². The van der Waals surface area contributed by atoms with E-state index in [1.54, 1.807) is 47.8 Å². The van der Waals surface area contributed by atoms with Gasteiger partial charge < -0.3 is 20.4 Å². The SMILES string of the molecule is O=C(CCNS(=O)(=O)c1cccs1)Nc1ccc(NC(=O)NCc2ccco2)cc1. The number of urea groups is 1. The number of hydrogen-bond acceptors (Lipinski definition) is 6. The largest absolute Gasteiger partial charge is 0.467 e. The van der Waals surface area contributed by atoms with Gasteiger partial charge in [0.2, 0.25) is 15.9 Å². The van der Waals surface area contributed by atoms with Crippen molar-refractivity contribution in [3.63, 3.8) is 0 Å². The van der Waals surface area contributed by atoms with Crippen molar-refractivity contribution in [2.24, 2.45) is 0 Å². The Morgan fingerprint density at radius 2 is 1.70 bits per heavy atom. The van der Waals surface area contributed by atoms with Crippen molar-refractivity contribution < 1.29 is 22.4 Å². The Morgan fingerprint density at radius 3 is 2.33 bits per heavy atom. The minimum Gasteiger partial charge on any atom is -0.467 e. The molecule has 9 nitrogen and oxygen atoms in total. The second kappa shape index (κ2) is 10.1. The van der Waals surface area contributed by atoms with Crippen molar-refractivity contribution in [3.8, 4) is 0 Å². The first kappa shape index (κ1) is 21.6. The quantitative estimate of drug-likeness (QED) is 0.400. The molecule has 0 spiro atoms. The smallest absolute Gasteiger partial charge is 0.319 e. The molecule has 0 aliphatic rings. The monoisotopic (exact) mass is 448 g/mol. The van der Waals surface area contributed by atoms with Crippen LogP contribution in [0.3, 0.4) is 0 Å². The summed E-state index contributed by atoms with van der Waals surface area (Å²) in [6, 6.07) is 12.8. The van der Waals surface area contributed by atoms with E-state index < -0.39 is 10.0 Å². The molecule has 0 fully saturated rings. The second-order valence-electron chi connectivity index (χ2n) is 6.09. The minimum atomic E-state index is -3.59. The highest BCUT2D eigenvalue weighted by molar-refractivity contribution is 7.91. The average Bonchev–Trinajstić information content (AvgIpc) is 3.42. The van der Waals surface area contributed by atoms with Gasteiger partial charge in [0, 0.05) is 24.3 Å². The molecule has 11 heteroatoms. The summed E-state index contributed by atoms with van der Waals surface area (Å²) in [4.78, 5) is 23.9. The van der Waals surface area contributed by atoms with E-state index in [1.165, 1.54) is 12.3 Å². The zero-order valence-corrected chi connectivity index (χ0v) is 17.4. The first-order valence-corrected chi connectivity index (χ1v) is 11.3. The number of anilines is 2. The van der Waals surface area contributed by atoms with Crippen LogP contribution in [0.4, 0.5) is 16.2 Å². The van der Waals surface area contributed by atoms with Crippen LogP contribution in [0.1, 0.15) is 12.2 Å². The number of hydrogen-bond donors (Lipinski definition) is 4. The van der Waals surface area contributed by atoms with Crippen molar-refractivity contribution in [1.29, 1.82) is 0 Å². The molecule has 3 aromatic rings. The molecule has 0 atom stereocenters. The van der Waals surface area contributed by atoms with Gasteiger partial charge in [-0.05, 0) is 47.8 Å². The fraction of sp³-hybridized carbons (Fsp3) is 0.158. The third-order valence-electron chi connectivity index (χ3n) is 3.83. The fourth-order valence-corrected chi connectivity index (χ4v) is 4.47. The molecule has 0 bridgehead atoms. The lowest BCUT2D eigenvalue weighted by molar-refractivity contribution is -0.116. The molecule has 30 heavy (non-hydrogen) atoms. The molecule has 3 amide bonds. The molecular weight excluding hydrogens is 428 g/mol. The summed E-state index contributed by atoms with van der Waals surface area (Å²) in [6.07, 6.45) is 1.51. The van der Waals surface area contributed by atoms with Gasteiger partial charge in [0.05, 0.1) is 12.8 Å². The highest BCUT2D eigenvalue weighted by Gasteiger charge is 2.15. The zero-order valence-electron chi connectivity index (χ0n) is 15.8. The maximum Gasteiger partial charge on any atom is 0.319 e. The Balaban J connectivity index is 1.40. The Hall–Kier alpha value is -3.15. The van der Waals surface area contributed by atoms with Gasteiger partial charge in [-0.2, -0.15) is 0 Å². The molecule has 1 aromatic carbocycles. The normalized spacial score (nSPS) is 11.1. The Morgan fingerprint density at radius 1 is 0.967 bits per heavy atom. The molecule has 0 saturated heterocycles. The number of sulfonamides is 1. The molecule has 4 N–H and O–H groups in total. The molecular formula is C19H20N4O5S2. The topological polar surface area (TPSA) is 130 Å². The highest BCUT2D eigenvalue weighted by Crippen LogP contribution is 2.16. The Labute approximate surface area is 177 Å². The summed E-state index contributed by atoms with van der Waals surface area (Å²) in [7, 11) is -3.59. The number of carbonyl (C=O) groups excluding carboxylic acids is 2. The van der Waals surface area contributed by atoms with E-state index in [0.29, 0.717) is 17.1 Å². The van der Waals surface area contributed by atoms with Crippen LogP contribution in [0.15, 0.2) is 68.8 Å². The molecule has 0 radical (unpaired) electrons. The third kappa shape index (κ3) is 6.44. The van der Waals surface area contributed by atoms with Crippen LogP contribution in [0.25, 0.3) is 0 Å². The molecule has 2 heterocycles. The molecule has 158 valence electrons. The number of rotatable bonds is 9. The molecule has 0 aliphatic heterocycles. The summed E-state index contributed by atoms with van der Waals surface area (Å²) in [5.74, 6) is 0.307. The predicted molar refractivity (Wildman–Crippen MR) is 114 cm³/mol. The van der Waals surface area contributed by atoms with Crippen molar-refractivity contribution in [2.75, 3.05) is 17.2 Å². The first-order valence-electron chi connectivity index (χ1n) is 8.93. The predicted octanol–water partition coefficient (Wildman–Crippen LogP) is 2.97. The van der Waals surface area contributed by atoms with Gasteiger partial charge in [-0.25, -0.2) is 17.9 Å². The number of nitrogens with one attached hydrogen (secondary N) is 4. The number of carbonyl (C=O) groups is 2. The minimum absolute atomic E-state index is 0.0124. The average molecular weight is 449 g/mol. The molecule has 0 saturated carbocycles. The standard InChI is InChI=1S/C19H20N4O5S2/c24-17(9-10-21-30(26,27)18-4-2-12-29-18)22-14-5-7-15(8-6-14)23-19(25)20-13-16-3-1-11-28-16/h1-8,11-12,21H,9-10,13H2,(H,22,24)(H2,20,23,25). The summed E-state index contributed by atoms with van der Waals surface area (Å²) < 4.78 is 31.7. The van der Waals surface area contributed by atoms with Crippen LogP contribution in [-0.4, -0.2) is 26.9 Å². The van der Waals surface area contributed by atoms with E-state index >= 15 is 0 Å². The van der Waals surface area contributed by atoms with Crippen LogP contribution < -0.4 is 20.7 Å². The van der Waals surface area contributed by atoms with Crippen molar-refractivity contribution in [2.45, 2.75) is 17.2 Å². The highest BCUT2D eigenvalue weighted by atomic mass is 32.2. The van der Waals surface area contributed by atoms with Crippen LogP contribution in [-0.2, 0) is 21.4 Å². The van der Waals surface area contributed by atoms with Gasteiger partial charge in [0.1, 0.15) is 9.97 Å². The molecule has 3 rings (SSSR count). The number of furan rings is 1. The molecule has 2 aromatic heterocycles. The number of amides is 3. The van der Waals surface area contributed by atoms with Crippen molar-refractivity contribution in [1.82, 2.24) is 10.0 Å². The van der Waals surface area contributed by atoms with E-state index in [-0.39, 0.29) is 35.7 Å². The van der Waals surface area contributed by atoms with Crippen molar-refractivity contribution >= 4 is 44.7 Å². The van der Waals surface area contributed by atoms with Crippen LogP contribution >= 0.6 is 11.3 Å². The van der Waals surface area contributed by atoms with Crippen LogP contribution in [0.5, 0.6) is 0 Å². The van der Waals surface area contributed by atoms with Crippen LogP contribution in [0, 0.1) is 0 Å². The second-order valence-corrected chi connectivity index (χ2v) is 9.03. The maximum absolute atomic E-state index is 12.0. The summed E-state index contributed by atoms with van der Waals surface area (Å²) >= 11 is 1.11. The van der Waals surface area contributed by atoms with Gasteiger partial charge in [-0.3, -0.25) is 4.79 Å². The van der Waals surface area contributed by atoms with E-state index in [2.05, 4.69) is 20.7 Å². The lowest BCUT2D eigenvalue weighted by Gasteiger charge is -2.09. The summed E-state index contributed by atoms with van der Waals surface area (Å²) in [6.45, 7) is 0.255. The first-order chi connectivity index (χ1) is 14.4. The third-order valence-corrected chi connectivity index (χ3v) is 6.69. The summed E-state index contributed by atoms with van der Waals surface area (Å²) in [5.41, 5.74) is 1.08. The van der Waals surface area contributed by atoms with Crippen molar-refractivity contribution in [3.05, 3.63) is 65.9 Å². The van der Waals surface area contributed by atoms with Gasteiger partial charge in [0.15, 0.2) is 0 Å². The van der Waals surface area contributed by atoms with Gasteiger partial charge in [0.25, 0.3) is 0 Å².